The van der Waals surface area contributed by atoms with Crippen LogP contribution in [0.25, 0.3) is 0 Å². The quantitative estimate of drug-likeness (QED) is 0.815. The summed E-state index contributed by atoms with van der Waals surface area (Å²) in [6.45, 7) is 4.62. The summed E-state index contributed by atoms with van der Waals surface area (Å²) in [6.07, 6.45) is 10.1. The fourth-order valence-electron chi connectivity index (χ4n) is 7.22. The Balaban J connectivity index is 1.08. The number of para-hydroxylation sites is 1. The number of ether oxygens (including phenoxy) is 1. The molecule has 156 valence electrons. The van der Waals surface area contributed by atoms with Crippen molar-refractivity contribution in [3.63, 3.8) is 0 Å². The van der Waals surface area contributed by atoms with Crippen LogP contribution < -0.4 is 5.32 Å². The van der Waals surface area contributed by atoms with Crippen molar-refractivity contribution in [2.24, 2.45) is 11.8 Å². The van der Waals surface area contributed by atoms with E-state index in [1.54, 1.807) is 0 Å². The largest absolute Gasteiger partial charge is 0.438 e. The number of rotatable bonds is 2. The number of fused-ring (bicyclic) bond motifs is 4. The van der Waals surface area contributed by atoms with Gasteiger partial charge in [0.2, 0.25) is 0 Å². The number of hydrogen-bond acceptors (Lipinski definition) is 4. The topological polar surface area (TPSA) is 44.8 Å². The van der Waals surface area contributed by atoms with E-state index >= 15 is 0 Å². The van der Waals surface area contributed by atoms with Crippen molar-refractivity contribution in [2.75, 3.05) is 31.5 Å². The zero-order chi connectivity index (χ0) is 19.4. The van der Waals surface area contributed by atoms with E-state index < -0.39 is 5.60 Å². The first kappa shape index (κ1) is 18.2. The Morgan fingerprint density at radius 1 is 0.931 bits per heavy atom. The van der Waals surface area contributed by atoms with Gasteiger partial charge in [-0.3, -0.25) is 15.1 Å². The third-order valence-electron chi connectivity index (χ3n) is 8.73. The molecule has 2 saturated carbocycles. The summed E-state index contributed by atoms with van der Waals surface area (Å²) in [5.74, 6) is 2.04. The molecule has 3 heterocycles. The lowest BCUT2D eigenvalue weighted by Gasteiger charge is -2.48. The van der Waals surface area contributed by atoms with Crippen LogP contribution in [0.3, 0.4) is 0 Å². The maximum atomic E-state index is 12.1. The van der Waals surface area contributed by atoms with Crippen molar-refractivity contribution in [1.82, 2.24) is 9.80 Å². The highest BCUT2D eigenvalue weighted by molar-refractivity contribution is 5.88. The lowest BCUT2D eigenvalue weighted by Crippen LogP contribution is -2.54. The zero-order valence-corrected chi connectivity index (χ0v) is 17.3. The molecule has 3 atom stereocenters. The van der Waals surface area contributed by atoms with Crippen LogP contribution in [-0.4, -0.2) is 54.2 Å². The molecule has 3 unspecified atom stereocenters. The van der Waals surface area contributed by atoms with Crippen molar-refractivity contribution < 1.29 is 9.53 Å². The first-order valence-electron chi connectivity index (χ1n) is 11.8. The Kier molecular flexibility index (Phi) is 4.38. The molecule has 1 N–H and O–H groups in total. The Morgan fingerprint density at radius 3 is 2.45 bits per heavy atom. The number of likely N-dealkylation sites (tertiary alicyclic amines) is 2. The number of nitrogens with one attached hydrogen (secondary N) is 1. The van der Waals surface area contributed by atoms with Crippen molar-refractivity contribution in [2.45, 2.75) is 69.1 Å². The van der Waals surface area contributed by atoms with Gasteiger partial charge in [0, 0.05) is 43.6 Å². The van der Waals surface area contributed by atoms with Gasteiger partial charge in [0.1, 0.15) is 5.60 Å². The van der Waals surface area contributed by atoms with Crippen LogP contribution in [0.15, 0.2) is 24.3 Å². The summed E-state index contributed by atoms with van der Waals surface area (Å²) in [6, 6.07) is 9.75. The first-order valence-corrected chi connectivity index (χ1v) is 11.8. The predicted molar refractivity (Wildman–Crippen MR) is 113 cm³/mol. The van der Waals surface area contributed by atoms with Crippen molar-refractivity contribution in [3.05, 3.63) is 29.8 Å². The summed E-state index contributed by atoms with van der Waals surface area (Å²) in [7, 11) is 0. The van der Waals surface area contributed by atoms with Gasteiger partial charge in [0.15, 0.2) is 0 Å². The molecule has 3 aliphatic heterocycles. The van der Waals surface area contributed by atoms with Gasteiger partial charge in [-0.1, -0.05) is 24.6 Å². The molecule has 1 spiro atoms. The monoisotopic (exact) mass is 395 g/mol. The Bertz CT molecular complexity index is 780. The van der Waals surface area contributed by atoms with Crippen molar-refractivity contribution in [3.8, 4) is 0 Å². The molecule has 6 rings (SSSR count). The molecule has 2 bridgehead atoms. The summed E-state index contributed by atoms with van der Waals surface area (Å²) in [5, 5.41) is 2.87. The molecule has 2 saturated heterocycles. The van der Waals surface area contributed by atoms with Gasteiger partial charge >= 0.3 is 6.09 Å². The van der Waals surface area contributed by atoms with E-state index in [-0.39, 0.29) is 6.09 Å². The van der Waals surface area contributed by atoms with Crippen LogP contribution in [0.2, 0.25) is 0 Å². The summed E-state index contributed by atoms with van der Waals surface area (Å²) < 4.78 is 5.90. The Labute approximate surface area is 173 Å². The van der Waals surface area contributed by atoms with E-state index in [0.717, 1.165) is 55.1 Å². The molecule has 5 aliphatic rings. The van der Waals surface area contributed by atoms with E-state index in [4.69, 9.17) is 4.74 Å². The van der Waals surface area contributed by atoms with Crippen LogP contribution in [0.5, 0.6) is 0 Å². The fraction of sp³-hybridized carbons (Fsp3) is 0.708. The molecule has 0 aromatic heterocycles. The number of benzene rings is 1. The number of amides is 1. The lowest BCUT2D eigenvalue weighted by molar-refractivity contribution is -0.0525. The van der Waals surface area contributed by atoms with Crippen LogP contribution in [0, 0.1) is 11.8 Å². The molecule has 29 heavy (non-hydrogen) atoms. The van der Waals surface area contributed by atoms with E-state index in [9.17, 15) is 4.79 Å². The lowest BCUT2D eigenvalue weighted by atomic mass is 9.81. The van der Waals surface area contributed by atoms with Crippen LogP contribution in [0.4, 0.5) is 10.5 Å². The third kappa shape index (κ3) is 3.09. The maximum absolute atomic E-state index is 12.1. The van der Waals surface area contributed by atoms with Crippen LogP contribution in [-0.2, 0) is 10.3 Å². The molecular formula is C24H33N3O2. The van der Waals surface area contributed by atoms with Gasteiger partial charge < -0.3 is 4.74 Å². The second-order valence-corrected chi connectivity index (χ2v) is 10.1. The standard InChI is InChI=1S/C24H33N3O2/c28-23-25-21-4-2-1-3-20(21)24(29-23)9-13-26(14-10-24)19-7-11-27(12-8-19)22-16-17-5-6-18(22)15-17/h1-4,17-19,22H,5-16H2,(H,25,28). The van der Waals surface area contributed by atoms with Gasteiger partial charge in [0.05, 0.1) is 5.69 Å². The number of piperidine rings is 2. The molecule has 5 heteroatoms. The predicted octanol–water partition coefficient (Wildman–Crippen LogP) is 4.19. The minimum Gasteiger partial charge on any atom is -0.438 e. The summed E-state index contributed by atoms with van der Waals surface area (Å²) in [4.78, 5) is 17.7. The summed E-state index contributed by atoms with van der Waals surface area (Å²) >= 11 is 0. The highest BCUT2D eigenvalue weighted by Crippen LogP contribution is 2.48. The second-order valence-electron chi connectivity index (χ2n) is 10.1. The van der Waals surface area contributed by atoms with Gasteiger partial charge in [0.25, 0.3) is 0 Å². The van der Waals surface area contributed by atoms with Crippen LogP contribution >= 0.6 is 0 Å². The molecule has 2 aliphatic carbocycles. The van der Waals surface area contributed by atoms with Crippen molar-refractivity contribution >= 4 is 11.8 Å². The average Bonchev–Trinajstić information content (AvgIpc) is 3.38. The molecule has 1 aromatic rings. The SMILES string of the molecule is O=C1Nc2ccccc2C2(CCN(C3CCN(C4CC5CCC4C5)CC3)CC2)O1. The smallest absolute Gasteiger partial charge is 0.412 e. The molecule has 0 radical (unpaired) electrons. The van der Waals surface area contributed by atoms with Crippen LogP contribution in [0.1, 0.15) is 56.9 Å². The Hall–Kier alpha value is -1.59. The minimum atomic E-state index is -0.431. The minimum absolute atomic E-state index is 0.295. The molecule has 4 fully saturated rings. The van der Waals surface area contributed by atoms with Gasteiger partial charge in [-0.2, -0.15) is 0 Å². The normalized spacial score (nSPS) is 34.8. The Morgan fingerprint density at radius 2 is 1.72 bits per heavy atom. The first-order chi connectivity index (χ1) is 14.2. The highest BCUT2D eigenvalue weighted by atomic mass is 16.6. The zero-order valence-electron chi connectivity index (χ0n) is 17.3. The number of carbonyl (C=O) groups excluding carboxylic acids is 1. The maximum Gasteiger partial charge on any atom is 0.412 e. The molecule has 1 aromatic carbocycles. The number of hydrogen-bond donors (Lipinski definition) is 1. The van der Waals surface area contributed by atoms with Gasteiger partial charge in [-0.15, -0.1) is 0 Å². The number of anilines is 1. The number of nitrogens with zero attached hydrogens (tertiary/aromatic N) is 2. The fourth-order valence-corrected chi connectivity index (χ4v) is 7.22. The van der Waals surface area contributed by atoms with E-state index in [0.29, 0.717) is 6.04 Å². The third-order valence-corrected chi connectivity index (χ3v) is 8.73. The van der Waals surface area contributed by atoms with E-state index in [1.165, 1.54) is 51.6 Å². The second kappa shape index (κ2) is 6.98. The summed E-state index contributed by atoms with van der Waals surface area (Å²) in [5.41, 5.74) is 1.65. The number of carbonyl (C=O) groups is 1. The molecule has 5 nitrogen and oxygen atoms in total. The van der Waals surface area contributed by atoms with Gasteiger partial charge in [-0.05, 0) is 63.1 Å². The molecular weight excluding hydrogens is 362 g/mol. The molecule has 1 amide bonds. The van der Waals surface area contributed by atoms with Gasteiger partial charge in [-0.25, -0.2) is 4.79 Å². The average molecular weight is 396 g/mol. The highest BCUT2D eigenvalue weighted by Gasteiger charge is 2.46. The van der Waals surface area contributed by atoms with E-state index in [2.05, 4.69) is 27.2 Å². The van der Waals surface area contributed by atoms with E-state index in [1.807, 2.05) is 12.1 Å². The van der Waals surface area contributed by atoms with Crippen molar-refractivity contribution in [1.29, 1.82) is 0 Å².